The van der Waals surface area contributed by atoms with E-state index in [-0.39, 0.29) is 23.9 Å². The predicted molar refractivity (Wildman–Crippen MR) is 122 cm³/mol. The van der Waals surface area contributed by atoms with Gasteiger partial charge in [0, 0.05) is 37.1 Å². The maximum atomic E-state index is 13.0. The number of methoxy groups -OCH3 is 2. The Labute approximate surface area is 188 Å². The van der Waals surface area contributed by atoms with Gasteiger partial charge in [0.2, 0.25) is 15.9 Å². The van der Waals surface area contributed by atoms with E-state index in [4.69, 9.17) is 9.47 Å². The molecule has 0 saturated carbocycles. The molecule has 168 valence electrons. The van der Waals surface area contributed by atoms with E-state index in [2.05, 4.69) is 6.07 Å². The molecule has 1 amide bonds. The first-order valence-electron chi connectivity index (χ1n) is 9.96. The molecule has 2 aromatic carbocycles. The summed E-state index contributed by atoms with van der Waals surface area (Å²) in [5.74, 6) is 1.19. The fourth-order valence-corrected chi connectivity index (χ4v) is 5.85. The largest absolute Gasteiger partial charge is 0.493 e. The second kappa shape index (κ2) is 9.93. The van der Waals surface area contributed by atoms with E-state index in [0.29, 0.717) is 30.3 Å². The summed E-state index contributed by atoms with van der Waals surface area (Å²) in [5.41, 5.74) is 2.35. The highest BCUT2D eigenvalue weighted by Crippen LogP contribution is 2.31. The van der Waals surface area contributed by atoms with Crippen LogP contribution in [0.25, 0.3) is 0 Å². The molecule has 0 bridgehead atoms. The van der Waals surface area contributed by atoms with Crippen molar-refractivity contribution >= 4 is 27.7 Å². The van der Waals surface area contributed by atoms with Gasteiger partial charge in [-0.05, 0) is 37.6 Å². The molecule has 0 aliphatic carbocycles. The van der Waals surface area contributed by atoms with Gasteiger partial charge < -0.3 is 14.4 Å². The summed E-state index contributed by atoms with van der Waals surface area (Å²) >= 11 is 1.52. The van der Waals surface area contributed by atoms with Crippen molar-refractivity contribution in [2.24, 2.45) is 0 Å². The Bertz CT molecular complexity index is 1050. The third-order valence-electron chi connectivity index (χ3n) is 5.27. The number of ether oxygens (including phenoxy) is 2. The van der Waals surface area contributed by atoms with Crippen LogP contribution in [-0.4, -0.2) is 69.7 Å². The second-order valence-electron chi connectivity index (χ2n) is 7.36. The fraction of sp³-hybridized carbons (Fsp3) is 0.409. The molecule has 0 aromatic heterocycles. The normalized spacial score (nSPS) is 15.0. The molecule has 9 heteroatoms. The lowest BCUT2D eigenvalue weighted by Gasteiger charge is -2.34. The first-order chi connectivity index (χ1) is 14.8. The number of amides is 1. The Morgan fingerprint density at radius 2 is 1.65 bits per heavy atom. The second-order valence-corrected chi connectivity index (χ2v) is 10.3. The van der Waals surface area contributed by atoms with Crippen LogP contribution in [0.1, 0.15) is 11.1 Å². The van der Waals surface area contributed by atoms with E-state index < -0.39 is 10.0 Å². The quantitative estimate of drug-likeness (QED) is 0.587. The molecule has 0 radical (unpaired) electrons. The van der Waals surface area contributed by atoms with Crippen molar-refractivity contribution in [1.82, 2.24) is 9.21 Å². The molecule has 1 aliphatic heterocycles. The molecule has 0 unspecified atom stereocenters. The first-order valence-corrected chi connectivity index (χ1v) is 12.4. The van der Waals surface area contributed by atoms with Crippen LogP contribution in [0.15, 0.2) is 46.2 Å². The van der Waals surface area contributed by atoms with Crippen molar-refractivity contribution in [1.29, 1.82) is 0 Å². The van der Waals surface area contributed by atoms with Gasteiger partial charge in [0.25, 0.3) is 0 Å². The van der Waals surface area contributed by atoms with E-state index >= 15 is 0 Å². The number of nitrogens with zero attached hydrogens (tertiary/aromatic N) is 2. The number of rotatable bonds is 7. The Balaban J connectivity index is 1.60. The van der Waals surface area contributed by atoms with Crippen molar-refractivity contribution < 1.29 is 22.7 Å². The topological polar surface area (TPSA) is 76.2 Å². The number of benzene rings is 2. The maximum absolute atomic E-state index is 13.0. The summed E-state index contributed by atoms with van der Waals surface area (Å²) in [7, 11) is -0.711. The maximum Gasteiger partial charge on any atom is 0.243 e. The number of carbonyl (C=O) groups is 1. The van der Waals surface area contributed by atoms with Gasteiger partial charge in [-0.3, -0.25) is 4.79 Å². The molecule has 3 rings (SSSR count). The number of sulfonamides is 1. The molecule has 0 spiro atoms. The molecule has 2 aromatic rings. The van der Waals surface area contributed by atoms with Crippen LogP contribution in [0, 0.1) is 13.8 Å². The van der Waals surface area contributed by atoms with Crippen molar-refractivity contribution in [2.45, 2.75) is 23.6 Å². The molecule has 0 atom stereocenters. The minimum Gasteiger partial charge on any atom is -0.493 e. The van der Waals surface area contributed by atoms with Crippen LogP contribution >= 0.6 is 11.8 Å². The molecule has 1 aliphatic rings. The summed E-state index contributed by atoms with van der Waals surface area (Å²) < 4.78 is 37.9. The highest BCUT2D eigenvalue weighted by molar-refractivity contribution is 8.00. The fourth-order valence-electron chi connectivity index (χ4n) is 3.50. The van der Waals surface area contributed by atoms with Crippen LogP contribution in [0.2, 0.25) is 0 Å². The average Bonchev–Trinajstić information content (AvgIpc) is 2.77. The highest BCUT2D eigenvalue weighted by atomic mass is 32.2. The number of hydrogen-bond donors (Lipinski definition) is 0. The number of piperazine rings is 1. The zero-order chi connectivity index (χ0) is 22.6. The molecule has 1 fully saturated rings. The highest BCUT2D eigenvalue weighted by Gasteiger charge is 2.30. The lowest BCUT2D eigenvalue weighted by atomic mass is 10.2. The van der Waals surface area contributed by atoms with E-state index in [1.807, 2.05) is 26.0 Å². The average molecular weight is 465 g/mol. The van der Waals surface area contributed by atoms with Crippen molar-refractivity contribution in [2.75, 3.05) is 46.2 Å². The van der Waals surface area contributed by atoms with Crippen LogP contribution in [0.3, 0.4) is 0 Å². The Morgan fingerprint density at radius 3 is 2.26 bits per heavy atom. The number of hydrogen-bond acceptors (Lipinski definition) is 6. The van der Waals surface area contributed by atoms with Crippen molar-refractivity contribution in [3.05, 3.63) is 47.5 Å². The molecule has 31 heavy (non-hydrogen) atoms. The van der Waals surface area contributed by atoms with E-state index in [1.54, 1.807) is 11.0 Å². The minimum absolute atomic E-state index is 0.0214. The van der Waals surface area contributed by atoms with Gasteiger partial charge in [0.1, 0.15) is 0 Å². The van der Waals surface area contributed by atoms with Gasteiger partial charge in [-0.2, -0.15) is 4.31 Å². The summed E-state index contributed by atoms with van der Waals surface area (Å²) in [4.78, 5) is 15.6. The Hall–Kier alpha value is -2.23. The third kappa shape index (κ3) is 5.34. The SMILES string of the molecule is COc1ccc(S(=O)(=O)N2CCN(C(=O)CSc3ccc(C)cc3C)CC2)cc1OC. The van der Waals surface area contributed by atoms with Gasteiger partial charge in [-0.1, -0.05) is 17.7 Å². The third-order valence-corrected chi connectivity index (χ3v) is 8.32. The van der Waals surface area contributed by atoms with E-state index in [1.165, 1.54) is 48.0 Å². The smallest absolute Gasteiger partial charge is 0.243 e. The molecule has 1 saturated heterocycles. The van der Waals surface area contributed by atoms with Crippen LogP contribution < -0.4 is 9.47 Å². The van der Waals surface area contributed by atoms with Crippen LogP contribution in [0.5, 0.6) is 11.5 Å². The lowest BCUT2D eigenvalue weighted by molar-refractivity contribution is -0.129. The predicted octanol–water partition coefficient (Wildman–Crippen LogP) is 2.95. The number of carbonyl (C=O) groups excluding carboxylic acids is 1. The summed E-state index contributed by atoms with van der Waals surface area (Å²) in [5, 5.41) is 0. The summed E-state index contributed by atoms with van der Waals surface area (Å²) in [6, 6.07) is 10.7. The number of thioether (sulfide) groups is 1. The molecule has 7 nitrogen and oxygen atoms in total. The zero-order valence-corrected chi connectivity index (χ0v) is 19.9. The van der Waals surface area contributed by atoms with Gasteiger partial charge in [0.15, 0.2) is 11.5 Å². The Morgan fingerprint density at radius 1 is 0.968 bits per heavy atom. The van der Waals surface area contributed by atoms with Gasteiger partial charge in [-0.15, -0.1) is 11.8 Å². The molecule has 1 heterocycles. The van der Waals surface area contributed by atoms with Crippen LogP contribution in [-0.2, 0) is 14.8 Å². The minimum atomic E-state index is -3.68. The zero-order valence-electron chi connectivity index (χ0n) is 18.3. The van der Waals surface area contributed by atoms with Crippen molar-refractivity contribution in [3.8, 4) is 11.5 Å². The first kappa shape index (κ1) is 23.4. The van der Waals surface area contributed by atoms with Gasteiger partial charge in [-0.25, -0.2) is 8.42 Å². The standard InChI is InChI=1S/C22H28N2O5S2/c1-16-5-8-21(17(2)13-16)30-15-22(25)23-9-11-24(12-10-23)31(26,27)18-6-7-19(28-3)20(14-18)29-4/h5-8,13-14H,9-12,15H2,1-4H3. The number of aryl methyl sites for hydroxylation is 2. The summed E-state index contributed by atoms with van der Waals surface area (Å²) in [6.45, 7) is 5.35. The van der Waals surface area contributed by atoms with Gasteiger partial charge in [0.05, 0.1) is 24.9 Å². The van der Waals surface area contributed by atoms with E-state index in [9.17, 15) is 13.2 Å². The monoisotopic (exact) mass is 464 g/mol. The Kier molecular flexibility index (Phi) is 7.51. The molecular weight excluding hydrogens is 436 g/mol. The van der Waals surface area contributed by atoms with Crippen molar-refractivity contribution in [3.63, 3.8) is 0 Å². The molecular formula is C22H28N2O5S2. The molecule has 0 N–H and O–H groups in total. The van der Waals surface area contributed by atoms with Crippen LogP contribution in [0.4, 0.5) is 0 Å². The lowest BCUT2D eigenvalue weighted by Crippen LogP contribution is -2.50. The van der Waals surface area contributed by atoms with E-state index in [0.717, 1.165) is 10.5 Å². The summed E-state index contributed by atoms with van der Waals surface area (Å²) in [6.07, 6.45) is 0. The van der Waals surface area contributed by atoms with Gasteiger partial charge >= 0.3 is 0 Å².